The highest BCUT2D eigenvalue weighted by molar-refractivity contribution is 7.08. The van der Waals surface area contributed by atoms with Crippen LogP contribution in [0, 0.1) is 6.92 Å². The van der Waals surface area contributed by atoms with E-state index < -0.39 is 0 Å². The molecule has 0 saturated heterocycles. The minimum absolute atomic E-state index is 0.244. The molecule has 1 atom stereocenters. The van der Waals surface area contributed by atoms with E-state index in [4.69, 9.17) is 0 Å². The second-order valence-corrected chi connectivity index (χ2v) is 5.31. The maximum Gasteiger partial charge on any atom is 0.165 e. The molecule has 3 heteroatoms. The maximum atomic E-state index is 12.2. The Balaban J connectivity index is 2.02. The molecule has 0 bridgehead atoms. The van der Waals surface area contributed by atoms with Crippen LogP contribution in [0.25, 0.3) is 0 Å². The molecule has 1 aliphatic rings. The second kappa shape index (κ2) is 4.08. The Morgan fingerprint density at radius 2 is 2.24 bits per heavy atom. The molecule has 0 saturated carbocycles. The maximum absolute atomic E-state index is 12.2. The number of carbonyl (C=O) groups excluding carboxylic acids is 1. The summed E-state index contributed by atoms with van der Waals surface area (Å²) in [7, 11) is 0. The Hall–Kier alpha value is -1.48. The van der Waals surface area contributed by atoms with Crippen LogP contribution in [0.15, 0.2) is 29.1 Å². The lowest BCUT2D eigenvalue weighted by molar-refractivity contribution is 0.0962. The van der Waals surface area contributed by atoms with Gasteiger partial charge in [-0.3, -0.25) is 9.78 Å². The van der Waals surface area contributed by atoms with Gasteiger partial charge >= 0.3 is 0 Å². The fourth-order valence-corrected chi connectivity index (χ4v) is 3.27. The summed E-state index contributed by atoms with van der Waals surface area (Å²) in [5.74, 6) is 0.559. The molecule has 0 N–H and O–H groups in total. The van der Waals surface area contributed by atoms with Gasteiger partial charge in [0.05, 0.1) is 5.69 Å². The van der Waals surface area contributed by atoms with E-state index in [1.165, 1.54) is 5.56 Å². The fourth-order valence-electron chi connectivity index (χ4n) is 2.52. The summed E-state index contributed by atoms with van der Waals surface area (Å²) in [6.07, 6.45) is 3.31. The van der Waals surface area contributed by atoms with Gasteiger partial charge in [0.1, 0.15) is 0 Å². The summed E-state index contributed by atoms with van der Waals surface area (Å²) in [5, 5.41) is 4.21. The van der Waals surface area contributed by atoms with E-state index in [1.54, 1.807) is 17.5 Å². The Morgan fingerprint density at radius 1 is 1.35 bits per heavy atom. The van der Waals surface area contributed by atoms with Gasteiger partial charge in [0.25, 0.3) is 0 Å². The van der Waals surface area contributed by atoms with Crippen molar-refractivity contribution in [2.45, 2.75) is 25.7 Å². The van der Waals surface area contributed by atoms with Crippen LogP contribution in [0.2, 0.25) is 0 Å². The van der Waals surface area contributed by atoms with Crippen molar-refractivity contribution in [2.75, 3.05) is 0 Å². The number of fused-ring (bicyclic) bond motifs is 1. The fraction of sp³-hybridized carbons (Fsp3) is 0.286. The highest BCUT2D eigenvalue weighted by Gasteiger charge is 2.28. The number of thiophene rings is 1. The summed E-state index contributed by atoms with van der Waals surface area (Å²) in [6.45, 7) is 1.99. The molecule has 0 aliphatic heterocycles. The molecule has 17 heavy (non-hydrogen) atoms. The van der Waals surface area contributed by atoms with Crippen molar-refractivity contribution in [1.82, 2.24) is 4.98 Å². The predicted octanol–water partition coefficient (Wildman–Crippen LogP) is 3.36. The number of carbonyl (C=O) groups is 1. The van der Waals surface area contributed by atoms with Gasteiger partial charge in [-0.05, 0) is 53.3 Å². The first kappa shape index (κ1) is 10.7. The average molecular weight is 243 g/mol. The molecule has 2 aromatic heterocycles. The third-order valence-corrected chi connectivity index (χ3v) is 4.10. The largest absolute Gasteiger partial charge is 0.294 e. The topological polar surface area (TPSA) is 30.0 Å². The van der Waals surface area contributed by atoms with Crippen LogP contribution in [-0.2, 0) is 6.42 Å². The highest BCUT2D eigenvalue weighted by Crippen LogP contribution is 2.33. The standard InChI is InChI=1S/C14H13NOS/c1-9-2-4-15-12-6-11(7-13(16)14(9)12)10-3-5-17-8-10/h2-5,8,11H,6-7H2,1H3. The van der Waals surface area contributed by atoms with Crippen LogP contribution in [0.3, 0.4) is 0 Å². The van der Waals surface area contributed by atoms with Crippen molar-refractivity contribution in [2.24, 2.45) is 0 Å². The number of aromatic nitrogens is 1. The van der Waals surface area contributed by atoms with Crippen LogP contribution in [0.1, 0.15) is 39.5 Å². The van der Waals surface area contributed by atoms with E-state index in [0.717, 1.165) is 23.2 Å². The van der Waals surface area contributed by atoms with Gasteiger partial charge < -0.3 is 0 Å². The first-order chi connectivity index (χ1) is 8.25. The zero-order chi connectivity index (χ0) is 11.8. The van der Waals surface area contributed by atoms with Gasteiger partial charge in [-0.15, -0.1) is 0 Å². The molecule has 1 unspecified atom stereocenters. The second-order valence-electron chi connectivity index (χ2n) is 4.53. The average Bonchev–Trinajstić information content (AvgIpc) is 2.81. The smallest absolute Gasteiger partial charge is 0.165 e. The van der Waals surface area contributed by atoms with Crippen LogP contribution in [0.4, 0.5) is 0 Å². The molecular weight excluding hydrogens is 230 g/mol. The number of aryl methyl sites for hydroxylation is 1. The van der Waals surface area contributed by atoms with E-state index in [0.29, 0.717) is 12.3 Å². The highest BCUT2D eigenvalue weighted by atomic mass is 32.1. The molecule has 3 rings (SSSR count). The van der Waals surface area contributed by atoms with Crippen molar-refractivity contribution < 1.29 is 4.79 Å². The molecule has 2 aromatic rings. The van der Waals surface area contributed by atoms with E-state index in [9.17, 15) is 4.79 Å². The van der Waals surface area contributed by atoms with Crippen LogP contribution in [-0.4, -0.2) is 10.8 Å². The number of hydrogen-bond acceptors (Lipinski definition) is 3. The van der Waals surface area contributed by atoms with Crippen molar-refractivity contribution >= 4 is 17.1 Å². The number of ketones is 1. The number of nitrogens with zero attached hydrogens (tertiary/aromatic N) is 1. The van der Waals surface area contributed by atoms with Gasteiger partial charge in [-0.25, -0.2) is 0 Å². The normalized spacial score (nSPS) is 19.1. The van der Waals surface area contributed by atoms with Gasteiger partial charge in [0, 0.05) is 18.2 Å². The lowest BCUT2D eigenvalue weighted by atomic mass is 9.81. The van der Waals surface area contributed by atoms with Gasteiger partial charge in [0.2, 0.25) is 0 Å². The number of hydrogen-bond donors (Lipinski definition) is 0. The van der Waals surface area contributed by atoms with Crippen molar-refractivity contribution in [3.05, 3.63) is 51.5 Å². The first-order valence-electron chi connectivity index (χ1n) is 5.75. The summed E-state index contributed by atoms with van der Waals surface area (Å²) in [4.78, 5) is 16.5. The summed E-state index contributed by atoms with van der Waals surface area (Å²) >= 11 is 1.69. The summed E-state index contributed by atoms with van der Waals surface area (Å²) in [5.41, 5.74) is 4.16. The summed E-state index contributed by atoms with van der Waals surface area (Å²) in [6, 6.07) is 4.03. The number of pyridine rings is 1. The van der Waals surface area contributed by atoms with E-state index >= 15 is 0 Å². The molecule has 0 amide bonds. The molecule has 0 spiro atoms. The number of rotatable bonds is 1. The third kappa shape index (κ3) is 1.80. The van der Waals surface area contributed by atoms with Crippen LogP contribution in [0.5, 0.6) is 0 Å². The zero-order valence-electron chi connectivity index (χ0n) is 9.64. The Bertz CT molecular complexity index is 560. The van der Waals surface area contributed by atoms with Gasteiger partial charge in [-0.2, -0.15) is 11.3 Å². The van der Waals surface area contributed by atoms with Crippen molar-refractivity contribution in [3.63, 3.8) is 0 Å². The lowest BCUT2D eigenvalue weighted by Crippen LogP contribution is -2.20. The Morgan fingerprint density at radius 3 is 3.00 bits per heavy atom. The quantitative estimate of drug-likeness (QED) is 0.768. The first-order valence-corrected chi connectivity index (χ1v) is 6.70. The molecule has 1 aliphatic carbocycles. The Labute approximate surface area is 104 Å². The molecule has 0 aromatic carbocycles. The van der Waals surface area contributed by atoms with Crippen molar-refractivity contribution in [3.8, 4) is 0 Å². The molecule has 2 nitrogen and oxygen atoms in total. The summed E-state index contributed by atoms with van der Waals surface area (Å²) < 4.78 is 0. The molecular formula is C14H13NOS. The molecule has 2 heterocycles. The molecule has 86 valence electrons. The van der Waals surface area contributed by atoms with Crippen LogP contribution < -0.4 is 0 Å². The minimum atomic E-state index is 0.244. The Kier molecular flexibility index (Phi) is 2.56. The van der Waals surface area contributed by atoms with Gasteiger partial charge in [0.15, 0.2) is 5.78 Å². The SMILES string of the molecule is Cc1ccnc2c1C(=O)CC(c1ccsc1)C2. The van der Waals surface area contributed by atoms with Crippen molar-refractivity contribution in [1.29, 1.82) is 0 Å². The lowest BCUT2D eigenvalue weighted by Gasteiger charge is -2.23. The third-order valence-electron chi connectivity index (χ3n) is 3.40. The minimum Gasteiger partial charge on any atom is -0.294 e. The van der Waals surface area contributed by atoms with E-state index in [1.807, 2.05) is 13.0 Å². The van der Waals surface area contributed by atoms with E-state index in [-0.39, 0.29) is 5.78 Å². The molecule has 0 fully saturated rings. The van der Waals surface area contributed by atoms with Gasteiger partial charge in [-0.1, -0.05) is 0 Å². The van der Waals surface area contributed by atoms with E-state index in [2.05, 4.69) is 21.8 Å². The number of Topliss-reactive ketones (excluding diaryl/α,β-unsaturated/α-hetero) is 1. The monoisotopic (exact) mass is 243 g/mol. The predicted molar refractivity (Wildman–Crippen MR) is 68.7 cm³/mol. The zero-order valence-corrected chi connectivity index (χ0v) is 10.5. The molecule has 0 radical (unpaired) electrons. The van der Waals surface area contributed by atoms with Crippen LogP contribution >= 0.6 is 11.3 Å².